The van der Waals surface area contributed by atoms with E-state index in [0.717, 1.165) is 18.2 Å². The van der Waals surface area contributed by atoms with E-state index in [4.69, 9.17) is 5.73 Å². The number of aryl methyl sites for hydroxylation is 1. The second kappa shape index (κ2) is 4.30. The number of rotatable bonds is 3. The molecule has 2 aromatic rings. The first-order valence-corrected chi connectivity index (χ1v) is 6.46. The van der Waals surface area contributed by atoms with Crippen LogP contribution in [0.4, 0.5) is 15.9 Å². The normalized spacial score (nSPS) is 11.4. The Morgan fingerprint density at radius 2 is 2.17 bits per heavy atom. The van der Waals surface area contributed by atoms with E-state index in [2.05, 4.69) is 14.9 Å². The van der Waals surface area contributed by atoms with Crippen LogP contribution in [0.25, 0.3) is 0 Å². The van der Waals surface area contributed by atoms with Crippen LogP contribution >= 0.6 is 0 Å². The van der Waals surface area contributed by atoms with E-state index >= 15 is 0 Å². The summed E-state index contributed by atoms with van der Waals surface area (Å²) in [5.74, 6) is -0.345. The molecule has 0 saturated heterocycles. The van der Waals surface area contributed by atoms with Gasteiger partial charge in [-0.1, -0.05) is 0 Å². The summed E-state index contributed by atoms with van der Waals surface area (Å²) in [5, 5.41) is 6.20. The van der Waals surface area contributed by atoms with Gasteiger partial charge in [0.05, 0.1) is 11.9 Å². The Bertz CT molecular complexity index is 681. The highest BCUT2D eigenvalue weighted by molar-refractivity contribution is 7.92. The maximum atomic E-state index is 12.9. The van der Waals surface area contributed by atoms with Gasteiger partial charge in [-0.3, -0.25) is 9.82 Å². The van der Waals surface area contributed by atoms with Crippen molar-refractivity contribution in [2.45, 2.75) is 11.8 Å². The van der Waals surface area contributed by atoms with Gasteiger partial charge in [0.1, 0.15) is 16.5 Å². The van der Waals surface area contributed by atoms with Gasteiger partial charge in [0, 0.05) is 5.56 Å². The molecule has 18 heavy (non-hydrogen) atoms. The summed E-state index contributed by atoms with van der Waals surface area (Å²) >= 11 is 0. The lowest BCUT2D eigenvalue weighted by molar-refractivity contribution is 0.600. The van der Waals surface area contributed by atoms with Crippen LogP contribution in [-0.2, 0) is 10.0 Å². The molecule has 0 bridgehead atoms. The fourth-order valence-electron chi connectivity index (χ4n) is 1.40. The van der Waals surface area contributed by atoms with E-state index < -0.39 is 15.8 Å². The molecule has 96 valence electrons. The molecule has 0 unspecified atom stereocenters. The largest absolute Gasteiger partial charge is 0.398 e. The Morgan fingerprint density at radius 1 is 1.44 bits per heavy atom. The molecule has 0 spiro atoms. The lowest BCUT2D eigenvalue weighted by Crippen LogP contribution is -2.15. The Balaban J connectivity index is 2.40. The molecule has 0 amide bonds. The molecule has 4 N–H and O–H groups in total. The molecular formula is C10H11FN4O2S. The molecule has 0 fully saturated rings. The van der Waals surface area contributed by atoms with Crippen LogP contribution in [0.1, 0.15) is 5.56 Å². The standard InChI is InChI=1S/C10H11FN4O2S/c1-6-5-13-14-10(6)15-18(16,17)9-3-2-7(11)4-8(9)12/h2-5H,12H2,1H3,(H2,13,14,15). The molecule has 1 aromatic carbocycles. The third-order valence-corrected chi connectivity index (χ3v) is 3.75. The molecule has 1 heterocycles. The first-order chi connectivity index (χ1) is 8.40. The number of nitrogens with one attached hydrogen (secondary N) is 2. The molecule has 2 rings (SSSR count). The third kappa shape index (κ3) is 2.28. The highest BCUT2D eigenvalue weighted by Crippen LogP contribution is 2.22. The van der Waals surface area contributed by atoms with Gasteiger partial charge in [0.15, 0.2) is 0 Å². The smallest absolute Gasteiger partial charge is 0.265 e. The second-order valence-electron chi connectivity index (χ2n) is 3.72. The Hall–Kier alpha value is -2.09. The topological polar surface area (TPSA) is 101 Å². The van der Waals surface area contributed by atoms with Gasteiger partial charge in [-0.05, 0) is 25.1 Å². The number of hydrogen-bond acceptors (Lipinski definition) is 4. The van der Waals surface area contributed by atoms with Crippen molar-refractivity contribution in [1.29, 1.82) is 0 Å². The van der Waals surface area contributed by atoms with Crippen LogP contribution in [0.5, 0.6) is 0 Å². The number of aromatic nitrogens is 2. The summed E-state index contributed by atoms with van der Waals surface area (Å²) < 4.78 is 39.2. The molecule has 8 heteroatoms. The Labute approximate surface area is 103 Å². The molecule has 6 nitrogen and oxygen atoms in total. The van der Waals surface area contributed by atoms with E-state index in [9.17, 15) is 12.8 Å². The fraction of sp³-hybridized carbons (Fsp3) is 0.100. The number of nitrogen functional groups attached to an aromatic ring is 1. The lowest BCUT2D eigenvalue weighted by Gasteiger charge is -2.09. The summed E-state index contributed by atoms with van der Waals surface area (Å²) in [4.78, 5) is -0.182. The number of nitrogens with two attached hydrogens (primary N) is 1. The second-order valence-corrected chi connectivity index (χ2v) is 5.37. The molecule has 1 aromatic heterocycles. The van der Waals surface area contributed by atoms with E-state index in [-0.39, 0.29) is 16.4 Å². The number of anilines is 2. The zero-order valence-electron chi connectivity index (χ0n) is 9.44. The number of nitrogens with zero attached hydrogens (tertiary/aromatic N) is 1. The molecule has 0 saturated carbocycles. The van der Waals surface area contributed by atoms with Crippen molar-refractivity contribution < 1.29 is 12.8 Å². The first kappa shape index (κ1) is 12.4. The van der Waals surface area contributed by atoms with Gasteiger partial charge in [0.25, 0.3) is 10.0 Å². The van der Waals surface area contributed by atoms with E-state index in [1.807, 2.05) is 0 Å². The van der Waals surface area contributed by atoms with E-state index in [1.54, 1.807) is 6.92 Å². The SMILES string of the molecule is Cc1cn[nH]c1NS(=O)(=O)c1ccc(F)cc1N. The molecule has 0 aliphatic heterocycles. The quantitative estimate of drug-likeness (QED) is 0.730. The minimum atomic E-state index is -3.87. The van der Waals surface area contributed by atoms with Crippen LogP contribution in [0.15, 0.2) is 29.3 Å². The van der Waals surface area contributed by atoms with Gasteiger partial charge in [0.2, 0.25) is 0 Å². The van der Waals surface area contributed by atoms with Crippen molar-refractivity contribution in [3.8, 4) is 0 Å². The minimum Gasteiger partial charge on any atom is -0.398 e. The van der Waals surface area contributed by atoms with Crippen molar-refractivity contribution in [3.05, 3.63) is 35.8 Å². The van der Waals surface area contributed by atoms with Crippen LogP contribution in [-0.4, -0.2) is 18.6 Å². The number of benzene rings is 1. The van der Waals surface area contributed by atoms with Crippen molar-refractivity contribution in [3.63, 3.8) is 0 Å². The van der Waals surface area contributed by atoms with Crippen molar-refractivity contribution in [2.24, 2.45) is 0 Å². The molecule has 0 radical (unpaired) electrons. The van der Waals surface area contributed by atoms with Crippen molar-refractivity contribution in [1.82, 2.24) is 10.2 Å². The lowest BCUT2D eigenvalue weighted by atomic mass is 10.3. The molecule has 0 aliphatic carbocycles. The average molecular weight is 270 g/mol. The molecule has 0 atom stereocenters. The van der Waals surface area contributed by atoms with Crippen molar-refractivity contribution in [2.75, 3.05) is 10.5 Å². The number of halogens is 1. The number of sulfonamides is 1. The average Bonchev–Trinajstić information content (AvgIpc) is 2.63. The zero-order valence-corrected chi connectivity index (χ0v) is 10.3. The maximum absolute atomic E-state index is 12.9. The Morgan fingerprint density at radius 3 is 2.72 bits per heavy atom. The van der Waals surface area contributed by atoms with Crippen LogP contribution in [0.3, 0.4) is 0 Å². The summed E-state index contributed by atoms with van der Waals surface area (Å²) in [7, 11) is -3.87. The fourth-order valence-corrected chi connectivity index (χ4v) is 2.60. The molecule has 0 aliphatic rings. The van der Waals surface area contributed by atoms with Gasteiger partial charge >= 0.3 is 0 Å². The highest BCUT2D eigenvalue weighted by Gasteiger charge is 2.19. The van der Waals surface area contributed by atoms with Crippen LogP contribution in [0, 0.1) is 12.7 Å². The summed E-state index contributed by atoms with van der Waals surface area (Å²) in [5.41, 5.74) is 5.97. The van der Waals surface area contributed by atoms with Gasteiger partial charge in [-0.15, -0.1) is 0 Å². The van der Waals surface area contributed by atoms with Crippen molar-refractivity contribution >= 4 is 21.5 Å². The molecular weight excluding hydrogens is 259 g/mol. The monoisotopic (exact) mass is 270 g/mol. The van der Waals surface area contributed by atoms with Crippen LogP contribution in [0.2, 0.25) is 0 Å². The highest BCUT2D eigenvalue weighted by atomic mass is 32.2. The number of aromatic amines is 1. The summed E-state index contributed by atoms with van der Waals surface area (Å²) in [6.07, 6.45) is 1.48. The van der Waals surface area contributed by atoms with E-state index in [1.165, 1.54) is 6.20 Å². The summed E-state index contributed by atoms with van der Waals surface area (Å²) in [6, 6.07) is 3.10. The first-order valence-electron chi connectivity index (χ1n) is 4.98. The predicted octanol–water partition coefficient (Wildman–Crippen LogP) is 1.24. The van der Waals surface area contributed by atoms with Gasteiger partial charge in [-0.25, -0.2) is 12.8 Å². The predicted molar refractivity (Wildman–Crippen MR) is 64.9 cm³/mol. The number of H-pyrrole nitrogens is 1. The number of hydrogen-bond donors (Lipinski definition) is 3. The zero-order chi connectivity index (χ0) is 13.3. The van der Waals surface area contributed by atoms with E-state index in [0.29, 0.717) is 5.56 Å². The minimum absolute atomic E-state index is 0.153. The Kier molecular flexibility index (Phi) is 2.95. The third-order valence-electron chi connectivity index (χ3n) is 2.33. The summed E-state index contributed by atoms with van der Waals surface area (Å²) in [6.45, 7) is 1.69. The van der Waals surface area contributed by atoms with Gasteiger partial charge < -0.3 is 5.73 Å². The van der Waals surface area contributed by atoms with Crippen LogP contribution < -0.4 is 10.5 Å². The van der Waals surface area contributed by atoms with Gasteiger partial charge in [-0.2, -0.15) is 5.10 Å². The maximum Gasteiger partial charge on any atom is 0.265 e.